The van der Waals surface area contributed by atoms with E-state index in [1.165, 1.54) is 5.56 Å². The molecule has 0 bridgehead atoms. The van der Waals surface area contributed by atoms with E-state index in [1.54, 1.807) is 6.20 Å². The van der Waals surface area contributed by atoms with E-state index < -0.39 is 0 Å². The molecule has 1 aromatic carbocycles. The summed E-state index contributed by atoms with van der Waals surface area (Å²) in [5, 5.41) is 3.58. The van der Waals surface area contributed by atoms with Crippen LogP contribution in [0.15, 0.2) is 48.9 Å². The van der Waals surface area contributed by atoms with Crippen LogP contribution in [0.3, 0.4) is 0 Å². The van der Waals surface area contributed by atoms with Gasteiger partial charge < -0.3 is 14.6 Å². The average molecular weight is 379 g/mol. The van der Waals surface area contributed by atoms with Gasteiger partial charge in [-0.05, 0) is 62.1 Å². The summed E-state index contributed by atoms with van der Waals surface area (Å²) in [7, 11) is 0. The highest BCUT2D eigenvalue weighted by Gasteiger charge is 2.09. The Morgan fingerprint density at radius 3 is 2.50 bits per heavy atom. The number of hydrogen-bond acceptors (Lipinski definition) is 4. The van der Waals surface area contributed by atoms with Crippen LogP contribution < -0.4 is 10.1 Å². The largest absolute Gasteiger partial charge is 0.487 e. The molecular weight excluding hydrogens is 348 g/mol. The van der Waals surface area contributed by atoms with Crippen LogP contribution in [0.5, 0.6) is 5.75 Å². The van der Waals surface area contributed by atoms with Crippen molar-refractivity contribution < 1.29 is 4.74 Å². The SMILES string of the molecule is Cc1cc(CNCC(C)Cn2ccnc2C)cc(C)c1OCc1ccccn1. The number of imidazole rings is 1. The maximum atomic E-state index is 6.03. The molecule has 3 rings (SSSR count). The molecule has 2 aromatic heterocycles. The Balaban J connectivity index is 1.51. The van der Waals surface area contributed by atoms with Gasteiger partial charge in [0.1, 0.15) is 18.2 Å². The van der Waals surface area contributed by atoms with Gasteiger partial charge in [0.25, 0.3) is 0 Å². The molecule has 0 fully saturated rings. The smallest absolute Gasteiger partial charge is 0.130 e. The Morgan fingerprint density at radius 2 is 1.86 bits per heavy atom. The molecule has 0 aliphatic heterocycles. The van der Waals surface area contributed by atoms with Crippen molar-refractivity contribution in [2.45, 2.75) is 47.4 Å². The van der Waals surface area contributed by atoms with Gasteiger partial charge in [0.05, 0.1) is 5.69 Å². The van der Waals surface area contributed by atoms with Crippen molar-refractivity contribution >= 4 is 0 Å². The van der Waals surface area contributed by atoms with E-state index in [-0.39, 0.29) is 0 Å². The zero-order valence-electron chi connectivity index (χ0n) is 17.3. The van der Waals surface area contributed by atoms with Crippen LogP contribution in [-0.2, 0) is 19.7 Å². The van der Waals surface area contributed by atoms with Crippen LogP contribution in [0.4, 0.5) is 0 Å². The third kappa shape index (κ3) is 5.42. The Morgan fingerprint density at radius 1 is 1.07 bits per heavy atom. The van der Waals surface area contributed by atoms with Gasteiger partial charge in [0, 0.05) is 31.7 Å². The van der Waals surface area contributed by atoms with Gasteiger partial charge >= 0.3 is 0 Å². The minimum Gasteiger partial charge on any atom is -0.487 e. The number of nitrogens with zero attached hydrogens (tertiary/aromatic N) is 3. The minimum absolute atomic E-state index is 0.491. The average Bonchev–Trinajstić information content (AvgIpc) is 3.06. The molecule has 1 atom stereocenters. The molecule has 0 saturated carbocycles. The second kappa shape index (κ2) is 9.51. The van der Waals surface area contributed by atoms with E-state index >= 15 is 0 Å². The first kappa shape index (κ1) is 20.1. The van der Waals surface area contributed by atoms with Gasteiger partial charge in [-0.1, -0.05) is 25.1 Å². The Bertz CT molecular complexity index is 866. The Kier molecular flexibility index (Phi) is 6.82. The summed E-state index contributed by atoms with van der Waals surface area (Å²) in [5.74, 6) is 2.56. The predicted molar refractivity (Wildman–Crippen MR) is 112 cm³/mol. The van der Waals surface area contributed by atoms with E-state index in [2.05, 4.69) is 52.8 Å². The standard InChI is InChI=1S/C23H30N4O/c1-17(15-27-10-9-25-20(27)4)13-24-14-21-11-18(2)23(19(3)12-21)28-16-22-7-5-6-8-26-22/h5-12,17,24H,13-16H2,1-4H3. The summed E-state index contributed by atoms with van der Waals surface area (Å²) >= 11 is 0. The first-order valence-corrected chi connectivity index (χ1v) is 9.84. The molecule has 148 valence electrons. The lowest BCUT2D eigenvalue weighted by atomic mass is 10.1. The highest BCUT2D eigenvalue weighted by atomic mass is 16.5. The molecule has 0 saturated heterocycles. The molecule has 1 unspecified atom stereocenters. The molecule has 3 aromatic rings. The maximum Gasteiger partial charge on any atom is 0.130 e. The van der Waals surface area contributed by atoms with Crippen molar-refractivity contribution in [3.63, 3.8) is 0 Å². The summed E-state index contributed by atoms with van der Waals surface area (Å²) in [6, 6.07) is 10.3. The molecule has 0 aliphatic rings. The number of aryl methyl sites for hydroxylation is 3. The molecule has 0 amide bonds. The van der Waals surface area contributed by atoms with Gasteiger partial charge in [0.15, 0.2) is 0 Å². The van der Waals surface area contributed by atoms with Gasteiger partial charge in [0.2, 0.25) is 0 Å². The van der Waals surface area contributed by atoms with E-state index in [4.69, 9.17) is 4.74 Å². The normalized spacial score (nSPS) is 12.1. The quantitative estimate of drug-likeness (QED) is 0.606. The molecule has 2 heterocycles. The Labute approximate surface area is 167 Å². The summed E-state index contributed by atoms with van der Waals surface area (Å²) < 4.78 is 8.23. The fourth-order valence-corrected chi connectivity index (χ4v) is 3.46. The van der Waals surface area contributed by atoms with Crippen LogP contribution in [0.1, 0.15) is 35.1 Å². The third-order valence-electron chi connectivity index (χ3n) is 4.86. The van der Waals surface area contributed by atoms with E-state index in [0.29, 0.717) is 12.5 Å². The molecule has 0 radical (unpaired) electrons. The topological polar surface area (TPSA) is 52.0 Å². The lowest BCUT2D eigenvalue weighted by Crippen LogP contribution is -2.24. The predicted octanol–water partition coefficient (Wildman–Crippen LogP) is 4.21. The van der Waals surface area contributed by atoms with Crippen molar-refractivity contribution in [1.29, 1.82) is 0 Å². The number of pyridine rings is 1. The molecule has 28 heavy (non-hydrogen) atoms. The summed E-state index contributed by atoms with van der Waals surface area (Å²) in [5.41, 5.74) is 4.55. The molecule has 0 aliphatic carbocycles. The van der Waals surface area contributed by atoms with Crippen molar-refractivity contribution in [3.05, 3.63) is 77.1 Å². The van der Waals surface area contributed by atoms with Crippen LogP contribution in [0.25, 0.3) is 0 Å². The van der Waals surface area contributed by atoms with Crippen LogP contribution >= 0.6 is 0 Å². The van der Waals surface area contributed by atoms with Crippen LogP contribution in [0, 0.1) is 26.7 Å². The van der Waals surface area contributed by atoms with Gasteiger partial charge in [-0.25, -0.2) is 4.98 Å². The van der Waals surface area contributed by atoms with Crippen LogP contribution in [-0.4, -0.2) is 21.1 Å². The maximum absolute atomic E-state index is 6.03. The number of benzene rings is 1. The second-order valence-electron chi connectivity index (χ2n) is 7.53. The van der Waals surface area contributed by atoms with E-state index in [9.17, 15) is 0 Å². The van der Waals surface area contributed by atoms with Crippen molar-refractivity contribution in [3.8, 4) is 5.75 Å². The van der Waals surface area contributed by atoms with E-state index in [1.807, 2.05) is 37.5 Å². The fraction of sp³-hybridized carbons (Fsp3) is 0.391. The molecule has 5 heteroatoms. The highest BCUT2D eigenvalue weighted by Crippen LogP contribution is 2.25. The monoisotopic (exact) mass is 378 g/mol. The summed E-state index contributed by atoms with van der Waals surface area (Å²) in [6.07, 6.45) is 5.70. The molecule has 0 spiro atoms. The second-order valence-corrected chi connectivity index (χ2v) is 7.53. The zero-order valence-corrected chi connectivity index (χ0v) is 17.3. The van der Waals surface area contributed by atoms with Gasteiger partial charge in [-0.3, -0.25) is 4.98 Å². The number of rotatable bonds is 9. The first-order valence-electron chi connectivity index (χ1n) is 9.84. The zero-order chi connectivity index (χ0) is 19.9. The number of ether oxygens (including phenoxy) is 1. The number of hydrogen-bond donors (Lipinski definition) is 1. The molecule has 5 nitrogen and oxygen atoms in total. The van der Waals surface area contributed by atoms with Gasteiger partial charge in [-0.2, -0.15) is 0 Å². The Hall–Kier alpha value is -2.66. The lowest BCUT2D eigenvalue weighted by Gasteiger charge is -2.16. The van der Waals surface area contributed by atoms with Crippen molar-refractivity contribution in [2.24, 2.45) is 5.92 Å². The molecular formula is C23H30N4O. The third-order valence-corrected chi connectivity index (χ3v) is 4.86. The minimum atomic E-state index is 0.491. The summed E-state index contributed by atoms with van der Waals surface area (Å²) in [6.45, 7) is 11.8. The highest BCUT2D eigenvalue weighted by molar-refractivity contribution is 5.43. The lowest BCUT2D eigenvalue weighted by molar-refractivity contribution is 0.297. The van der Waals surface area contributed by atoms with Crippen molar-refractivity contribution in [1.82, 2.24) is 19.9 Å². The van der Waals surface area contributed by atoms with Gasteiger partial charge in [-0.15, -0.1) is 0 Å². The summed E-state index contributed by atoms with van der Waals surface area (Å²) in [4.78, 5) is 8.61. The number of aromatic nitrogens is 3. The van der Waals surface area contributed by atoms with Crippen molar-refractivity contribution in [2.75, 3.05) is 6.54 Å². The fourth-order valence-electron chi connectivity index (χ4n) is 3.46. The molecule has 1 N–H and O–H groups in total. The van der Waals surface area contributed by atoms with Crippen LogP contribution in [0.2, 0.25) is 0 Å². The first-order chi connectivity index (χ1) is 13.5. The number of nitrogens with one attached hydrogen (secondary N) is 1. The van der Waals surface area contributed by atoms with E-state index in [0.717, 1.165) is 48.0 Å².